The van der Waals surface area contributed by atoms with Crippen molar-refractivity contribution < 1.29 is 4.79 Å². The number of thiazole rings is 1. The molecule has 0 aliphatic carbocycles. The number of aromatic nitrogens is 1. The van der Waals surface area contributed by atoms with Gasteiger partial charge in [-0.3, -0.25) is 4.79 Å². The zero-order valence-corrected chi connectivity index (χ0v) is 16.3. The Morgan fingerprint density at radius 2 is 2.12 bits per heavy atom. The molecule has 0 spiro atoms. The zero-order chi connectivity index (χ0) is 17.9. The van der Waals surface area contributed by atoms with Gasteiger partial charge in [0.15, 0.2) is 0 Å². The molecule has 2 aliphatic rings. The highest BCUT2D eigenvalue weighted by Crippen LogP contribution is 2.32. The summed E-state index contributed by atoms with van der Waals surface area (Å²) in [6.45, 7) is 6.35. The first kappa shape index (κ1) is 17.7. The van der Waals surface area contributed by atoms with Crippen LogP contribution in [-0.2, 0) is 11.2 Å². The molecule has 5 heteroatoms. The molecule has 3 heterocycles. The number of rotatable bonds is 5. The molecule has 4 nitrogen and oxygen atoms in total. The summed E-state index contributed by atoms with van der Waals surface area (Å²) >= 11 is 1.80. The quantitative estimate of drug-likeness (QED) is 0.799. The fraction of sp³-hybridized carbons (Fsp3) is 0.524. The number of anilines is 1. The van der Waals surface area contributed by atoms with E-state index in [-0.39, 0.29) is 5.91 Å². The molecule has 4 rings (SSSR count). The predicted molar refractivity (Wildman–Crippen MR) is 107 cm³/mol. The van der Waals surface area contributed by atoms with E-state index < -0.39 is 0 Å². The molecule has 0 radical (unpaired) electrons. The van der Waals surface area contributed by atoms with Gasteiger partial charge in [-0.05, 0) is 50.8 Å². The Kier molecular flexibility index (Phi) is 5.36. The maximum Gasteiger partial charge on any atom is 0.226 e. The number of likely N-dealkylation sites (tertiary alicyclic amines) is 1. The van der Waals surface area contributed by atoms with Crippen LogP contribution in [0.25, 0.3) is 0 Å². The molecule has 26 heavy (non-hydrogen) atoms. The summed E-state index contributed by atoms with van der Waals surface area (Å²) in [6, 6.07) is 8.46. The topological polar surface area (TPSA) is 36.4 Å². The minimum absolute atomic E-state index is 0.283. The maximum absolute atomic E-state index is 12.3. The third kappa shape index (κ3) is 3.69. The molecule has 2 fully saturated rings. The van der Waals surface area contributed by atoms with Gasteiger partial charge in [0.2, 0.25) is 5.91 Å². The van der Waals surface area contributed by atoms with Crippen LogP contribution in [0.1, 0.15) is 47.7 Å². The highest BCUT2D eigenvalue weighted by molar-refractivity contribution is 7.09. The second-order valence-corrected chi connectivity index (χ2v) is 8.36. The lowest BCUT2D eigenvalue weighted by Gasteiger charge is -2.29. The zero-order valence-electron chi connectivity index (χ0n) is 15.5. The summed E-state index contributed by atoms with van der Waals surface area (Å²) in [5, 5.41) is 0. The predicted octanol–water partition coefficient (Wildman–Crippen LogP) is 4.00. The Labute approximate surface area is 159 Å². The summed E-state index contributed by atoms with van der Waals surface area (Å²) in [5.41, 5.74) is 5.61. The second-order valence-electron chi connectivity index (χ2n) is 7.47. The number of hydrogen-bond acceptors (Lipinski definition) is 4. The number of para-hydroxylation sites is 1. The number of carbonyl (C=O) groups is 1. The number of hydrogen-bond donors (Lipinski definition) is 0. The Morgan fingerprint density at radius 3 is 2.92 bits per heavy atom. The molecule has 1 unspecified atom stereocenters. The second kappa shape index (κ2) is 7.89. The molecule has 1 atom stereocenters. The van der Waals surface area contributed by atoms with Crippen molar-refractivity contribution in [3.63, 3.8) is 0 Å². The number of amides is 1. The van der Waals surface area contributed by atoms with Crippen LogP contribution >= 0.6 is 11.3 Å². The van der Waals surface area contributed by atoms with Gasteiger partial charge in [-0.25, -0.2) is 4.98 Å². The molecule has 1 aromatic heterocycles. The van der Waals surface area contributed by atoms with Crippen LogP contribution in [0.2, 0.25) is 0 Å². The molecular formula is C21H27N3OS. The van der Waals surface area contributed by atoms with E-state index in [1.165, 1.54) is 22.6 Å². The largest absolute Gasteiger partial charge is 0.312 e. The fourth-order valence-electron chi connectivity index (χ4n) is 4.28. The number of carbonyl (C=O) groups excluding carboxylic acids is 1. The van der Waals surface area contributed by atoms with Crippen molar-refractivity contribution in [2.45, 2.75) is 44.9 Å². The lowest BCUT2D eigenvalue weighted by molar-refractivity contribution is -0.119. The highest BCUT2D eigenvalue weighted by Gasteiger charge is 2.27. The fourth-order valence-corrected chi connectivity index (χ4v) is 5.21. The van der Waals surface area contributed by atoms with Crippen molar-refractivity contribution in [2.75, 3.05) is 31.1 Å². The highest BCUT2D eigenvalue weighted by atomic mass is 32.1. The van der Waals surface area contributed by atoms with Crippen LogP contribution in [0.15, 0.2) is 29.8 Å². The van der Waals surface area contributed by atoms with Gasteiger partial charge in [0.05, 0.1) is 11.2 Å². The van der Waals surface area contributed by atoms with Gasteiger partial charge in [0.25, 0.3) is 0 Å². The van der Waals surface area contributed by atoms with E-state index in [0.29, 0.717) is 12.3 Å². The van der Waals surface area contributed by atoms with Crippen molar-refractivity contribution in [1.82, 2.24) is 9.88 Å². The van der Waals surface area contributed by atoms with Crippen molar-refractivity contribution in [2.24, 2.45) is 0 Å². The molecule has 0 saturated carbocycles. The first-order chi connectivity index (χ1) is 12.7. The average molecular weight is 370 g/mol. The van der Waals surface area contributed by atoms with Crippen LogP contribution in [0.3, 0.4) is 0 Å². The van der Waals surface area contributed by atoms with Crippen LogP contribution in [0, 0.1) is 6.92 Å². The van der Waals surface area contributed by atoms with E-state index in [1.807, 2.05) is 10.4 Å². The van der Waals surface area contributed by atoms with E-state index in [1.54, 1.807) is 11.3 Å². The molecule has 0 N–H and O–H groups in total. The van der Waals surface area contributed by atoms with E-state index in [2.05, 4.69) is 41.1 Å². The third-order valence-electron chi connectivity index (χ3n) is 5.73. The first-order valence-electron chi connectivity index (χ1n) is 9.73. The third-order valence-corrected chi connectivity index (χ3v) is 6.82. The van der Waals surface area contributed by atoms with E-state index >= 15 is 0 Å². The van der Waals surface area contributed by atoms with Gasteiger partial charge in [-0.2, -0.15) is 0 Å². The Hall–Kier alpha value is -1.72. The van der Waals surface area contributed by atoms with Gasteiger partial charge in [0.1, 0.15) is 0 Å². The lowest BCUT2D eigenvalue weighted by atomic mass is 10.0. The number of nitrogens with zero attached hydrogens (tertiary/aromatic N) is 3. The van der Waals surface area contributed by atoms with E-state index in [9.17, 15) is 4.79 Å². The lowest BCUT2D eigenvalue weighted by Crippen LogP contribution is -2.36. The minimum Gasteiger partial charge on any atom is -0.312 e. The van der Waals surface area contributed by atoms with Gasteiger partial charge in [-0.15, -0.1) is 11.3 Å². The molecule has 138 valence electrons. The van der Waals surface area contributed by atoms with Crippen LogP contribution < -0.4 is 4.90 Å². The molecule has 2 aliphatic heterocycles. The molecule has 2 saturated heterocycles. The van der Waals surface area contributed by atoms with Crippen LogP contribution in [0.5, 0.6) is 0 Å². The molecule has 1 aromatic carbocycles. The summed E-state index contributed by atoms with van der Waals surface area (Å²) < 4.78 is 0. The summed E-state index contributed by atoms with van der Waals surface area (Å²) in [4.78, 5) is 22.8. The Balaban J connectivity index is 1.40. The van der Waals surface area contributed by atoms with E-state index in [4.69, 9.17) is 0 Å². The average Bonchev–Trinajstić information content (AvgIpc) is 3.29. The van der Waals surface area contributed by atoms with Crippen molar-refractivity contribution in [3.8, 4) is 0 Å². The number of aryl methyl sites for hydroxylation is 1. The monoisotopic (exact) mass is 369 g/mol. The van der Waals surface area contributed by atoms with Gasteiger partial charge >= 0.3 is 0 Å². The summed E-state index contributed by atoms with van der Waals surface area (Å²) in [7, 11) is 0. The first-order valence-corrected chi connectivity index (χ1v) is 10.6. The van der Waals surface area contributed by atoms with E-state index in [0.717, 1.165) is 51.1 Å². The molecule has 2 aromatic rings. The van der Waals surface area contributed by atoms with Crippen LogP contribution in [0.4, 0.5) is 5.69 Å². The van der Waals surface area contributed by atoms with Gasteiger partial charge in [0, 0.05) is 42.5 Å². The van der Waals surface area contributed by atoms with Crippen molar-refractivity contribution in [1.29, 1.82) is 0 Å². The standard InChI is InChI=1S/C21H27N3OS/c1-16-21(26-15-22-16)18-10-13-23(14-18)12-9-17-6-2-3-7-19(17)24-11-5-4-8-20(24)25/h2-3,6-7,15,18H,4-5,8-14H2,1H3. The SMILES string of the molecule is Cc1ncsc1C1CCN(CCc2ccccc2N2CCCCC2=O)C1. The Bertz CT molecular complexity index is 772. The normalized spacial score (nSPS) is 21.5. The van der Waals surface area contributed by atoms with Gasteiger partial charge < -0.3 is 9.80 Å². The number of piperidine rings is 1. The van der Waals surface area contributed by atoms with Crippen molar-refractivity contribution >= 4 is 22.9 Å². The molecule has 0 bridgehead atoms. The van der Waals surface area contributed by atoms with Crippen molar-refractivity contribution in [3.05, 3.63) is 45.9 Å². The smallest absolute Gasteiger partial charge is 0.226 e. The summed E-state index contributed by atoms with van der Waals surface area (Å²) in [5.74, 6) is 0.923. The summed E-state index contributed by atoms with van der Waals surface area (Å²) in [6.07, 6.45) is 5.08. The van der Waals surface area contributed by atoms with Gasteiger partial charge in [-0.1, -0.05) is 18.2 Å². The molecular weight excluding hydrogens is 342 g/mol. The van der Waals surface area contributed by atoms with Crippen LogP contribution in [-0.4, -0.2) is 42.0 Å². The molecule has 1 amide bonds. The minimum atomic E-state index is 0.283. The number of benzene rings is 1. The maximum atomic E-state index is 12.3. The Morgan fingerprint density at radius 1 is 1.23 bits per heavy atom.